The van der Waals surface area contributed by atoms with Crippen molar-refractivity contribution in [2.24, 2.45) is 5.73 Å². The molecule has 5 nitrogen and oxygen atoms in total. The third-order valence-electron chi connectivity index (χ3n) is 2.64. The van der Waals surface area contributed by atoms with E-state index in [0.717, 1.165) is 5.56 Å². The van der Waals surface area contributed by atoms with Crippen LogP contribution in [0.3, 0.4) is 0 Å². The first-order chi connectivity index (χ1) is 8.99. The molecular weight excluding hydrogens is 244 g/mol. The van der Waals surface area contributed by atoms with Crippen molar-refractivity contribution in [3.63, 3.8) is 0 Å². The number of hydrogen-bond donors (Lipinski definition) is 2. The van der Waals surface area contributed by atoms with Crippen molar-refractivity contribution >= 4 is 11.9 Å². The second kappa shape index (κ2) is 7.33. The quantitative estimate of drug-likeness (QED) is 0.685. The Balaban J connectivity index is 2.66. The summed E-state index contributed by atoms with van der Waals surface area (Å²) in [6.45, 7) is 4.68. The zero-order valence-electron chi connectivity index (χ0n) is 10.7. The van der Waals surface area contributed by atoms with E-state index < -0.39 is 11.9 Å². The number of rotatable bonds is 8. The molecule has 0 aliphatic rings. The van der Waals surface area contributed by atoms with E-state index in [1.165, 1.54) is 0 Å². The second-order valence-electron chi connectivity index (χ2n) is 4.32. The lowest BCUT2D eigenvalue weighted by Crippen LogP contribution is -2.31. The summed E-state index contributed by atoms with van der Waals surface area (Å²) < 4.78 is 0. The Hall–Kier alpha value is -2.14. The molecule has 19 heavy (non-hydrogen) atoms. The minimum absolute atomic E-state index is 0.0976. The zero-order valence-corrected chi connectivity index (χ0v) is 10.7. The third kappa shape index (κ3) is 5.83. The van der Waals surface area contributed by atoms with E-state index in [9.17, 15) is 9.59 Å². The molecular formula is C14H18N2O3. The first-order valence-corrected chi connectivity index (χ1v) is 5.94. The molecule has 0 fully saturated rings. The monoisotopic (exact) mass is 262 g/mol. The summed E-state index contributed by atoms with van der Waals surface area (Å²) in [6.07, 6.45) is 0.194. The predicted molar refractivity (Wildman–Crippen MR) is 72.3 cm³/mol. The molecule has 0 aromatic heterocycles. The molecule has 0 saturated heterocycles. The summed E-state index contributed by atoms with van der Waals surface area (Å²) in [5.74, 6) is -1.43. The maximum atomic E-state index is 10.8. The number of carboxylic acids is 1. The van der Waals surface area contributed by atoms with Crippen molar-refractivity contribution in [3.8, 4) is 0 Å². The van der Waals surface area contributed by atoms with E-state index in [-0.39, 0.29) is 18.5 Å². The number of hydrogen-bond acceptors (Lipinski definition) is 3. The number of nitrogens with two attached hydrogens (primary N) is 1. The molecule has 0 spiro atoms. The fourth-order valence-electron chi connectivity index (χ4n) is 1.66. The molecule has 102 valence electrons. The molecule has 0 saturated carbocycles. The number of nitrogens with zero attached hydrogens (tertiary/aromatic N) is 1. The smallest absolute Gasteiger partial charge is 0.332 e. The minimum atomic E-state index is -1.03. The number of primary amides is 1. The first-order valence-electron chi connectivity index (χ1n) is 5.94. The maximum Gasteiger partial charge on any atom is 0.332 e. The second-order valence-corrected chi connectivity index (χ2v) is 4.32. The van der Waals surface area contributed by atoms with Gasteiger partial charge in [0, 0.05) is 31.6 Å². The van der Waals surface area contributed by atoms with E-state index in [4.69, 9.17) is 10.8 Å². The molecule has 0 radical (unpaired) electrons. The molecule has 0 unspecified atom stereocenters. The molecule has 3 N–H and O–H groups in total. The molecule has 0 aliphatic heterocycles. The first kappa shape index (κ1) is 14.9. The van der Waals surface area contributed by atoms with E-state index in [1.807, 2.05) is 35.2 Å². The fourth-order valence-corrected chi connectivity index (χ4v) is 1.66. The summed E-state index contributed by atoms with van der Waals surface area (Å²) in [5, 5.41) is 8.86. The van der Waals surface area contributed by atoms with Gasteiger partial charge in [0.1, 0.15) is 0 Å². The number of carbonyl (C=O) groups excluding carboxylic acids is 1. The highest BCUT2D eigenvalue weighted by Gasteiger charge is 2.12. The van der Waals surface area contributed by atoms with E-state index >= 15 is 0 Å². The highest BCUT2D eigenvalue weighted by atomic mass is 16.4. The van der Waals surface area contributed by atoms with Gasteiger partial charge < -0.3 is 10.8 Å². The van der Waals surface area contributed by atoms with Gasteiger partial charge in [-0.2, -0.15) is 0 Å². The lowest BCUT2D eigenvalue weighted by Gasteiger charge is -2.21. The topological polar surface area (TPSA) is 83.6 Å². The Morgan fingerprint density at radius 2 is 1.89 bits per heavy atom. The molecule has 0 aliphatic carbocycles. The molecule has 0 heterocycles. The van der Waals surface area contributed by atoms with Crippen LogP contribution < -0.4 is 5.73 Å². The summed E-state index contributed by atoms with van der Waals surface area (Å²) in [4.78, 5) is 23.5. The van der Waals surface area contributed by atoms with Crippen LogP contribution in [0.15, 0.2) is 42.5 Å². The molecule has 0 atom stereocenters. The van der Waals surface area contributed by atoms with Crippen molar-refractivity contribution in [1.29, 1.82) is 0 Å². The van der Waals surface area contributed by atoms with Crippen LogP contribution >= 0.6 is 0 Å². The average molecular weight is 262 g/mol. The average Bonchev–Trinajstić information content (AvgIpc) is 2.37. The van der Waals surface area contributed by atoms with Gasteiger partial charge in [0.15, 0.2) is 0 Å². The third-order valence-corrected chi connectivity index (χ3v) is 2.64. The number of benzene rings is 1. The van der Waals surface area contributed by atoms with Gasteiger partial charge in [0.25, 0.3) is 0 Å². The largest absolute Gasteiger partial charge is 0.478 e. The van der Waals surface area contributed by atoms with Crippen molar-refractivity contribution in [2.75, 3.05) is 13.1 Å². The summed E-state index contributed by atoms with van der Waals surface area (Å²) >= 11 is 0. The number of carbonyl (C=O) groups is 2. The summed E-state index contributed by atoms with van der Waals surface area (Å²) in [5.41, 5.74) is 6.26. The van der Waals surface area contributed by atoms with Crippen LogP contribution in [-0.2, 0) is 16.1 Å². The van der Waals surface area contributed by atoms with Crippen LogP contribution in [0.2, 0.25) is 0 Å². The van der Waals surface area contributed by atoms with Gasteiger partial charge in [-0.1, -0.05) is 36.9 Å². The van der Waals surface area contributed by atoms with Crippen molar-refractivity contribution < 1.29 is 14.7 Å². The van der Waals surface area contributed by atoms with Gasteiger partial charge in [-0.25, -0.2) is 4.79 Å². The van der Waals surface area contributed by atoms with Gasteiger partial charge in [-0.15, -0.1) is 0 Å². The Morgan fingerprint density at radius 1 is 1.26 bits per heavy atom. The minimum Gasteiger partial charge on any atom is -0.478 e. The normalized spacial score (nSPS) is 10.4. The number of aliphatic carboxylic acids is 1. The van der Waals surface area contributed by atoms with Gasteiger partial charge in [0.2, 0.25) is 5.91 Å². The van der Waals surface area contributed by atoms with Crippen LogP contribution in [0.5, 0.6) is 0 Å². The predicted octanol–water partition coefficient (Wildman–Crippen LogP) is 1.00. The Morgan fingerprint density at radius 3 is 2.42 bits per heavy atom. The molecule has 1 aromatic rings. The fraction of sp³-hybridized carbons (Fsp3) is 0.286. The Bertz CT molecular complexity index is 457. The zero-order chi connectivity index (χ0) is 14.3. The lowest BCUT2D eigenvalue weighted by molar-refractivity contribution is -0.132. The number of carboxylic acid groups (broad SMARTS) is 1. The standard InChI is InChI=1S/C14H18N2O3/c1-11(14(18)19)9-16(8-7-13(15)17)10-12-5-3-2-4-6-12/h2-6H,1,7-10H2,(H2,15,17)(H,18,19). The summed E-state index contributed by atoms with van der Waals surface area (Å²) in [7, 11) is 0. The molecule has 0 bridgehead atoms. The molecule has 1 amide bonds. The van der Waals surface area contributed by atoms with Crippen LogP contribution in [-0.4, -0.2) is 35.0 Å². The van der Waals surface area contributed by atoms with Gasteiger partial charge in [-0.3, -0.25) is 9.69 Å². The van der Waals surface area contributed by atoms with E-state index in [0.29, 0.717) is 13.1 Å². The van der Waals surface area contributed by atoms with Crippen LogP contribution in [0, 0.1) is 0 Å². The maximum absolute atomic E-state index is 10.8. The SMILES string of the molecule is C=C(CN(CCC(N)=O)Cc1ccccc1)C(=O)O. The van der Waals surface area contributed by atoms with Gasteiger partial charge >= 0.3 is 5.97 Å². The molecule has 1 aromatic carbocycles. The van der Waals surface area contributed by atoms with E-state index in [1.54, 1.807) is 0 Å². The highest BCUT2D eigenvalue weighted by molar-refractivity contribution is 5.86. The van der Waals surface area contributed by atoms with Crippen molar-refractivity contribution in [2.45, 2.75) is 13.0 Å². The van der Waals surface area contributed by atoms with Crippen molar-refractivity contribution in [3.05, 3.63) is 48.0 Å². The van der Waals surface area contributed by atoms with Gasteiger partial charge in [-0.05, 0) is 5.56 Å². The Kier molecular flexibility index (Phi) is 5.75. The van der Waals surface area contributed by atoms with Gasteiger partial charge in [0.05, 0.1) is 0 Å². The Labute approximate surface area is 112 Å². The van der Waals surface area contributed by atoms with Crippen LogP contribution in [0.25, 0.3) is 0 Å². The molecule has 5 heteroatoms. The summed E-state index contributed by atoms with van der Waals surface area (Å²) in [6, 6.07) is 9.62. The number of amides is 1. The van der Waals surface area contributed by atoms with Crippen molar-refractivity contribution in [1.82, 2.24) is 4.90 Å². The molecule has 1 rings (SSSR count). The van der Waals surface area contributed by atoms with Crippen LogP contribution in [0.1, 0.15) is 12.0 Å². The lowest BCUT2D eigenvalue weighted by atomic mass is 10.2. The highest BCUT2D eigenvalue weighted by Crippen LogP contribution is 2.07. The van der Waals surface area contributed by atoms with E-state index in [2.05, 4.69) is 6.58 Å². The van der Waals surface area contributed by atoms with Crippen LogP contribution in [0.4, 0.5) is 0 Å².